The van der Waals surface area contributed by atoms with Crippen LogP contribution in [-0.2, 0) is 6.42 Å². The standard InChI is InChI=1S/C20H20N2/c1-15-4-8-17(9-5-15)18-10-6-16(7-11-18)13-20(21)19-3-2-12-22-14-19/h2-12,14,20H,13,21H2,1H3. The van der Waals surface area contributed by atoms with Gasteiger partial charge in [0.15, 0.2) is 0 Å². The fourth-order valence-electron chi connectivity index (χ4n) is 2.55. The van der Waals surface area contributed by atoms with Crippen molar-refractivity contribution in [1.82, 2.24) is 4.98 Å². The predicted molar refractivity (Wildman–Crippen MR) is 91.5 cm³/mol. The zero-order valence-corrected chi connectivity index (χ0v) is 12.7. The van der Waals surface area contributed by atoms with Crippen LogP contribution in [0.1, 0.15) is 22.7 Å². The minimum atomic E-state index is -0.0149. The number of nitrogens with zero attached hydrogens (tertiary/aromatic N) is 1. The molecule has 0 aliphatic heterocycles. The second-order valence-corrected chi connectivity index (χ2v) is 5.66. The summed E-state index contributed by atoms with van der Waals surface area (Å²) < 4.78 is 0. The average Bonchev–Trinajstić information content (AvgIpc) is 2.57. The second-order valence-electron chi connectivity index (χ2n) is 5.66. The third-order valence-electron chi connectivity index (χ3n) is 3.91. The van der Waals surface area contributed by atoms with Crippen LogP contribution in [0.2, 0.25) is 0 Å². The number of rotatable bonds is 4. The molecule has 3 rings (SSSR count). The first-order chi connectivity index (χ1) is 10.7. The molecule has 0 saturated carbocycles. The van der Waals surface area contributed by atoms with Crippen molar-refractivity contribution in [2.24, 2.45) is 5.73 Å². The smallest absolute Gasteiger partial charge is 0.0351 e. The van der Waals surface area contributed by atoms with E-state index in [2.05, 4.69) is 60.4 Å². The van der Waals surface area contributed by atoms with E-state index in [4.69, 9.17) is 5.73 Å². The lowest BCUT2D eigenvalue weighted by Crippen LogP contribution is -2.13. The maximum absolute atomic E-state index is 6.25. The van der Waals surface area contributed by atoms with Crippen LogP contribution >= 0.6 is 0 Å². The zero-order valence-electron chi connectivity index (χ0n) is 12.7. The molecule has 2 nitrogen and oxygen atoms in total. The van der Waals surface area contributed by atoms with Gasteiger partial charge in [-0.3, -0.25) is 4.98 Å². The quantitative estimate of drug-likeness (QED) is 0.777. The van der Waals surface area contributed by atoms with Crippen molar-refractivity contribution in [3.63, 3.8) is 0 Å². The minimum Gasteiger partial charge on any atom is -0.324 e. The molecule has 0 aliphatic carbocycles. The van der Waals surface area contributed by atoms with Gasteiger partial charge in [-0.2, -0.15) is 0 Å². The molecular formula is C20H20N2. The van der Waals surface area contributed by atoms with E-state index < -0.39 is 0 Å². The van der Waals surface area contributed by atoms with Crippen molar-refractivity contribution in [3.8, 4) is 11.1 Å². The lowest BCUT2D eigenvalue weighted by Gasteiger charge is -2.12. The van der Waals surface area contributed by atoms with Gasteiger partial charge in [-0.15, -0.1) is 0 Å². The van der Waals surface area contributed by atoms with Crippen molar-refractivity contribution in [2.45, 2.75) is 19.4 Å². The molecule has 0 spiro atoms. The van der Waals surface area contributed by atoms with Crippen molar-refractivity contribution in [3.05, 3.63) is 89.7 Å². The van der Waals surface area contributed by atoms with E-state index in [9.17, 15) is 0 Å². The Hall–Kier alpha value is -2.45. The van der Waals surface area contributed by atoms with Crippen molar-refractivity contribution < 1.29 is 0 Å². The predicted octanol–water partition coefficient (Wildman–Crippen LogP) is 4.30. The van der Waals surface area contributed by atoms with Crippen LogP contribution in [0.3, 0.4) is 0 Å². The molecule has 1 unspecified atom stereocenters. The van der Waals surface area contributed by atoms with E-state index in [1.54, 1.807) is 6.20 Å². The van der Waals surface area contributed by atoms with Crippen LogP contribution in [0.15, 0.2) is 73.1 Å². The molecule has 3 aromatic rings. The largest absolute Gasteiger partial charge is 0.324 e. The Kier molecular flexibility index (Phi) is 4.31. The molecule has 0 radical (unpaired) electrons. The molecule has 1 aromatic heterocycles. The van der Waals surface area contributed by atoms with E-state index in [1.807, 2.05) is 18.3 Å². The van der Waals surface area contributed by atoms with Gasteiger partial charge in [0, 0.05) is 18.4 Å². The highest BCUT2D eigenvalue weighted by Crippen LogP contribution is 2.22. The number of benzene rings is 2. The summed E-state index contributed by atoms with van der Waals surface area (Å²) in [5, 5.41) is 0. The van der Waals surface area contributed by atoms with Gasteiger partial charge in [0.2, 0.25) is 0 Å². The second kappa shape index (κ2) is 6.54. The number of aromatic nitrogens is 1. The lowest BCUT2D eigenvalue weighted by molar-refractivity contribution is 0.718. The van der Waals surface area contributed by atoms with Crippen LogP contribution < -0.4 is 5.73 Å². The van der Waals surface area contributed by atoms with Crippen LogP contribution in [0.25, 0.3) is 11.1 Å². The highest BCUT2D eigenvalue weighted by Gasteiger charge is 2.07. The molecule has 0 saturated heterocycles. The van der Waals surface area contributed by atoms with Gasteiger partial charge in [-0.1, -0.05) is 60.2 Å². The molecule has 22 heavy (non-hydrogen) atoms. The molecule has 0 amide bonds. The molecule has 1 atom stereocenters. The Balaban J connectivity index is 1.73. The van der Waals surface area contributed by atoms with E-state index in [-0.39, 0.29) is 6.04 Å². The van der Waals surface area contributed by atoms with Crippen LogP contribution in [0, 0.1) is 6.92 Å². The van der Waals surface area contributed by atoms with Gasteiger partial charge in [-0.05, 0) is 41.7 Å². The summed E-state index contributed by atoms with van der Waals surface area (Å²) >= 11 is 0. The van der Waals surface area contributed by atoms with Crippen LogP contribution in [-0.4, -0.2) is 4.98 Å². The van der Waals surface area contributed by atoms with Crippen molar-refractivity contribution in [1.29, 1.82) is 0 Å². The van der Waals surface area contributed by atoms with Gasteiger partial charge in [0.1, 0.15) is 0 Å². The Morgan fingerprint density at radius 2 is 1.55 bits per heavy atom. The lowest BCUT2D eigenvalue weighted by atomic mass is 9.98. The van der Waals surface area contributed by atoms with E-state index in [0.717, 1.165) is 12.0 Å². The normalized spacial score (nSPS) is 12.1. The molecular weight excluding hydrogens is 268 g/mol. The molecule has 0 aliphatic rings. The summed E-state index contributed by atoms with van der Waals surface area (Å²) in [6.07, 6.45) is 4.43. The highest BCUT2D eigenvalue weighted by molar-refractivity contribution is 5.63. The molecule has 0 fully saturated rings. The Morgan fingerprint density at radius 3 is 2.14 bits per heavy atom. The summed E-state index contributed by atoms with van der Waals surface area (Å²) in [6, 6.07) is 21.2. The minimum absolute atomic E-state index is 0.0149. The molecule has 110 valence electrons. The first-order valence-electron chi connectivity index (χ1n) is 7.54. The molecule has 2 heteroatoms. The molecule has 1 heterocycles. The maximum atomic E-state index is 6.25. The summed E-state index contributed by atoms with van der Waals surface area (Å²) in [6.45, 7) is 2.10. The third-order valence-corrected chi connectivity index (χ3v) is 3.91. The molecule has 2 N–H and O–H groups in total. The molecule has 0 bridgehead atoms. The topological polar surface area (TPSA) is 38.9 Å². The highest BCUT2D eigenvalue weighted by atomic mass is 14.7. The summed E-state index contributed by atoms with van der Waals surface area (Å²) in [5.74, 6) is 0. The van der Waals surface area contributed by atoms with E-state index >= 15 is 0 Å². The van der Waals surface area contributed by atoms with Crippen LogP contribution in [0.4, 0.5) is 0 Å². The van der Waals surface area contributed by atoms with Crippen LogP contribution in [0.5, 0.6) is 0 Å². The molecule has 2 aromatic carbocycles. The number of aryl methyl sites for hydroxylation is 1. The number of hydrogen-bond donors (Lipinski definition) is 1. The maximum Gasteiger partial charge on any atom is 0.0351 e. The Bertz CT molecular complexity index is 716. The number of nitrogens with two attached hydrogens (primary N) is 1. The first-order valence-corrected chi connectivity index (χ1v) is 7.54. The monoisotopic (exact) mass is 288 g/mol. The van der Waals surface area contributed by atoms with E-state index in [0.29, 0.717) is 0 Å². The van der Waals surface area contributed by atoms with Crippen molar-refractivity contribution >= 4 is 0 Å². The summed E-state index contributed by atoms with van der Waals surface area (Å²) in [7, 11) is 0. The van der Waals surface area contributed by atoms with E-state index in [1.165, 1.54) is 22.3 Å². The zero-order chi connectivity index (χ0) is 15.4. The van der Waals surface area contributed by atoms with Gasteiger partial charge in [0.25, 0.3) is 0 Å². The fourth-order valence-corrected chi connectivity index (χ4v) is 2.55. The Morgan fingerprint density at radius 1 is 0.909 bits per heavy atom. The number of hydrogen-bond acceptors (Lipinski definition) is 2. The third kappa shape index (κ3) is 3.41. The average molecular weight is 288 g/mol. The summed E-state index contributed by atoms with van der Waals surface area (Å²) in [5.41, 5.74) is 12.3. The van der Waals surface area contributed by atoms with Gasteiger partial charge < -0.3 is 5.73 Å². The Labute approximate surface area is 131 Å². The van der Waals surface area contributed by atoms with Crippen molar-refractivity contribution in [2.75, 3.05) is 0 Å². The van der Waals surface area contributed by atoms with Gasteiger partial charge in [-0.25, -0.2) is 0 Å². The number of pyridine rings is 1. The SMILES string of the molecule is Cc1ccc(-c2ccc(CC(N)c3cccnc3)cc2)cc1. The first kappa shape index (κ1) is 14.5. The van der Waals surface area contributed by atoms with Gasteiger partial charge >= 0.3 is 0 Å². The fraction of sp³-hybridized carbons (Fsp3) is 0.150. The van der Waals surface area contributed by atoms with Gasteiger partial charge in [0.05, 0.1) is 0 Å². The summed E-state index contributed by atoms with van der Waals surface area (Å²) in [4.78, 5) is 4.13.